The number of hydrogen-bond donors (Lipinski definition) is 1. The lowest BCUT2D eigenvalue weighted by molar-refractivity contribution is 0.299. The lowest BCUT2D eigenvalue weighted by Gasteiger charge is -2.36. The number of benzene rings is 1. The van der Waals surface area contributed by atoms with Gasteiger partial charge in [0.2, 0.25) is 0 Å². The molecule has 1 aliphatic rings. The van der Waals surface area contributed by atoms with Gasteiger partial charge in [-0.05, 0) is 50.3 Å². The summed E-state index contributed by atoms with van der Waals surface area (Å²) in [6.07, 6.45) is 4.76. The van der Waals surface area contributed by atoms with Gasteiger partial charge in [0.25, 0.3) is 0 Å². The predicted octanol–water partition coefficient (Wildman–Crippen LogP) is 3.50. The second-order valence-corrected chi connectivity index (χ2v) is 5.33. The monoisotopic (exact) mass is 245 g/mol. The molecule has 0 heterocycles. The first kappa shape index (κ1) is 13.2. The Morgan fingerprint density at radius 2 is 1.94 bits per heavy atom. The van der Waals surface area contributed by atoms with Gasteiger partial charge in [0.1, 0.15) is 5.75 Å². The third-order valence-electron chi connectivity index (χ3n) is 3.64. The first-order chi connectivity index (χ1) is 8.69. The topological polar surface area (TPSA) is 21.3 Å². The molecule has 1 aliphatic carbocycles. The molecular weight excluding hydrogens is 222 g/mol. The Kier molecular flexibility index (Phi) is 4.43. The highest BCUT2D eigenvalue weighted by atomic mass is 16.5. The molecule has 2 rings (SSSR count). The molecule has 1 aromatic rings. The summed E-state index contributed by atoms with van der Waals surface area (Å²) in [6, 6.07) is 9.18. The van der Waals surface area contributed by atoms with E-state index < -0.39 is 0 Å². The first-order valence-electron chi connectivity index (χ1n) is 6.69. The predicted molar refractivity (Wildman–Crippen MR) is 76.2 cm³/mol. The third kappa shape index (κ3) is 3.36. The fraction of sp³-hybridized carbons (Fsp3) is 0.500. The van der Waals surface area contributed by atoms with Crippen molar-refractivity contribution in [2.45, 2.75) is 38.6 Å². The zero-order valence-electron chi connectivity index (χ0n) is 11.6. The van der Waals surface area contributed by atoms with E-state index in [-0.39, 0.29) is 0 Å². The lowest BCUT2D eigenvalue weighted by Crippen LogP contribution is -2.40. The Morgan fingerprint density at radius 3 is 2.50 bits per heavy atom. The lowest BCUT2D eigenvalue weighted by atomic mass is 9.76. The number of hydrogen-bond acceptors (Lipinski definition) is 2. The highest BCUT2D eigenvalue weighted by Gasteiger charge is 2.29. The Morgan fingerprint density at radius 1 is 1.28 bits per heavy atom. The second kappa shape index (κ2) is 6.05. The van der Waals surface area contributed by atoms with Crippen molar-refractivity contribution >= 4 is 0 Å². The van der Waals surface area contributed by atoms with Gasteiger partial charge in [-0.2, -0.15) is 0 Å². The number of nitrogens with one attached hydrogen (secondary N) is 1. The molecule has 0 bridgehead atoms. The van der Waals surface area contributed by atoms with Crippen molar-refractivity contribution in [1.29, 1.82) is 0 Å². The molecule has 98 valence electrons. The van der Waals surface area contributed by atoms with Crippen molar-refractivity contribution in [3.8, 4) is 5.75 Å². The Balaban J connectivity index is 1.76. The molecule has 0 aromatic heterocycles. The van der Waals surface area contributed by atoms with Crippen LogP contribution in [0.2, 0.25) is 0 Å². The molecule has 0 atom stereocenters. The summed E-state index contributed by atoms with van der Waals surface area (Å²) < 4.78 is 5.18. The second-order valence-electron chi connectivity index (χ2n) is 5.33. The molecular formula is C16H23NO. The van der Waals surface area contributed by atoms with Gasteiger partial charge in [-0.1, -0.05) is 23.8 Å². The van der Waals surface area contributed by atoms with Crippen LogP contribution in [0.4, 0.5) is 0 Å². The molecule has 0 saturated heterocycles. The van der Waals surface area contributed by atoms with Crippen molar-refractivity contribution in [2.75, 3.05) is 13.7 Å². The molecule has 1 aromatic carbocycles. The smallest absolute Gasteiger partial charge is 0.118 e. The van der Waals surface area contributed by atoms with Crippen LogP contribution in [0, 0.1) is 0 Å². The molecule has 1 saturated carbocycles. The Hall–Kier alpha value is -1.28. The summed E-state index contributed by atoms with van der Waals surface area (Å²) in [7, 11) is 1.71. The van der Waals surface area contributed by atoms with E-state index in [1.165, 1.54) is 24.0 Å². The molecule has 0 spiro atoms. The molecule has 18 heavy (non-hydrogen) atoms. The summed E-state index contributed by atoms with van der Waals surface area (Å²) >= 11 is 0. The molecule has 1 fully saturated rings. The molecule has 0 aliphatic heterocycles. The van der Waals surface area contributed by atoms with Crippen molar-refractivity contribution < 1.29 is 4.74 Å². The van der Waals surface area contributed by atoms with E-state index in [1.54, 1.807) is 7.11 Å². The highest BCUT2D eigenvalue weighted by Crippen LogP contribution is 2.37. The average molecular weight is 245 g/mol. The maximum absolute atomic E-state index is 5.18. The van der Waals surface area contributed by atoms with Crippen LogP contribution in [-0.2, 0) is 0 Å². The van der Waals surface area contributed by atoms with Crippen LogP contribution in [0.3, 0.4) is 0 Å². The van der Waals surface area contributed by atoms with E-state index in [9.17, 15) is 0 Å². The molecule has 0 amide bonds. The zero-order valence-corrected chi connectivity index (χ0v) is 11.6. The molecule has 2 nitrogen and oxygen atoms in total. The molecule has 2 heteroatoms. The fourth-order valence-corrected chi connectivity index (χ4v) is 2.36. The van der Waals surface area contributed by atoms with Crippen LogP contribution in [0.5, 0.6) is 5.75 Å². The van der Waals surface area contributed by atoms with E-state index in [0.29, 0.717) is 6.04 Å². The highest BCUT2D eigenvalue weighted by molar-refractivity contribution is 5.30. The Labute approximate surface area is 110 Å². The number of rotatable bonds is 5. The standard InChI is InChI=1S/C16H23NO/c1-12(2)8-9-17-15-10-14(11-15)13-4-6-16(18-3)7-5-13/h4-8,14-15,17H,9-11H2,1-3H3. The minimum Gasteiger partial charge on any atom is -0.497 e. The van der Waals surface area contributed by atoms with Crippen molar-refractivity contribution in [1.82, 2.24) is 5.32 Å². The van der Waals surface area contributed by atoms with E-state index in [1.807, 2.05) is 0 Å². The van der Waals surface area contributed by atoms with Crippen LogP contribution < -0.4 is 10.1 Å². The summed E-state index contributed by atoms with van der Waals surface area (Å²) in [6.45, 7) is 5.29. The average Bonchev–Trinajstić information content (AvgIpc) is 2.32. The minimum absolute atomic E-state index is 0.688. The quantitative estimate of drug-likeness (QED) is 0.802. The van der Waals surface area contributed by atoms with Crippen LogP contribution in [0.25, 0.3) is 0 Å². The van der Waals surface area contributed by atoms with E-state index in [4.69, 9.17) is 4.74 Å². The zero-order chi connectivity index (χ0) is 13.0. The normalized spacial score (nSPS) is 22.2. The van der Waals surface area contributed by atoms with Gasteiger partial charge in [-0.25, -0.2) is 0 Å². The van der Waals surface area contributed by atoms with E-state index in [2.05, 4.69) is 49.5 Å². The van der Waals surface area contributed by atoms with Crippen LogP contribution in [-0.4, -0.2) is 19.7 Å². The van der Waals surface area contributed by atoms with Gasteiger partial charge in [0.05, 0.1) is 7.11 Å². The molecule has 0 unspecified atom stereocenters. The van der Waals surface area contributed by atoms with Crippen LogP contribution >= 0.6 is 0 Å². The Bertz CT molecular complexity index is 398. The first-order valence-corrected chi connectivity index (χ1v) is 6.69. The molecule has 0 radical (unpaired) electrons. The molecule has 1 N–H and O–H groups in total. The fourth-order valence-electron chi connectivity index (χ4n) is 2.36. The van der Waals surface area contributed by atoms with Gasteiger partial charge >= 0.3 is 0 Å². The van der Waals surface area contributed by atoms with Crippen molar-refractivity contribution in [3.63, 3.8) is 0 Å². The summed E-state index contributed by atoms with van der Waals surface area (Å²) in [5.74, 6) is 1.66. The van der Waals surface area contributed by atoms with Gasteiger partial charge in [0.15, 0.2) is 0 Å². The summed E-state index contributed by atoms with van der Waals surface area (Å²) in [5.41, 5.74) is 2.82. The van der Waals surface area contributed by atoms with Crippen LogP contribution in [0.15, 0.2) is 35.9 Å². The minimum atomic E-state index is 0.688. The van der Waals surface area contributed by atoms with Gasteiger partial charge in [-0.3, -0.25) is 0 Å². The number of allylic oxidation sites excluding steroid dienone is 1. The van der Waals surface area contributed by atoms with Gasteiger partial charge in [-0.15, -0.1) is 0 Å². The van der Waals surface area contributed by atoms with Crippen molar-refractivity contribution in [3.05, 3.63) is 41.5 Å². The van der Waals surface area contributed by atoms with Gasteiger partial charge < -0.3 is 10.1 Å². The SMILES string of the molecule is COc1ccc(C2CC(NCC=C(C)C)C2)cc1. The number of ether oxygens (including phenoxy) is 1. The van der Waals surface area contributed by atoms with E-state index in [0.717, 1.165) is 18.2 Å². The largest absolute Gasteiger partial charge is 0.497 e. The van der Waals surface area contributed by atoms with Crippen molar-refractivity contribution in [2.24, 2.45) is 0 Å². The van der Waals surface area contributed by atoms with E-state index >= 15 is 0 Å². The number of methoxy groups -OCH3 is 1. The maximum atomic E-state index is 5.18. The summed E-state index contributed by atoms with van der Waals surface area (Å²) in [4.78, 5) is 0. The van der Waals surface area contributed by atoms with Crippen LogP contribution in [0.1, 0.15) is 38.2 Å². The van der Waals surface area contributed by atoms with Gasteiger partial charge in [0, 0.05) is 12.6 Å². The summed E-state index contributed by atoms with van der Waals surface area (Å²) in [5, 5.41) is 3.57. The third-order valence-corrected chi connectivity index (χ3v) is 3.64. The maximum Gasteiger partial charge on any atom is 0.118 e.